The van der Waals surface area contributed by atoms with Crippen molar-refractivity contribution in [2.45, 2.75) is 6.42 Å². The maximum absolute atomic E-state index is 11.9. The molecule has 0 N–H and O–H groups in total. The van der Waals surface area contributed by atoms with Gasteiger partial charge in [0.1, 0.15) is 0 Å². The Morgan fingerprint density at radius 1 is 0.909 bits per heavy atom. The number of esters is 1. The van der Waals surface area contributed by atoms with Gasteiger partial charge in [-0.25, -0.2) is 0 Å². The van der Waals surface area contributed by atoms with E-state index in [2.05, 4.69) is 4.74 Å². The van der Waals surface area contributed by atoms with E-state index in [9.17, 15) is 9.59 Å². The average molecular weight is 297 g/mol. The average Bonchev–Trinajstić information content (AvgIpc) is 2.55. The van der Waals surface area contributed by atoms with Crippen molar-refractivity contribution in [3.8, 4) is 11.1 Å². The Hall–Kier alpha value is -2.62. The zero-order chi connectivity index (χ0) is 16.1. The lowest BCUT2D eigenvalue weighted by Gasteiger charge is -2.10. The van der Waals surface area contributed by atoms with E-state index in [1.54, 1.807) is 19.0 Å². The van der Waals surface area contributed by atoms with Crippen molar-refractivity contribution >= 4 is 11.9 Å². The summed E-state index contributed by atoms with van der Waals surface area (Å²) in [5, 5.41) is 0. The number of ether oxygens (including phenoxy) is 1. The standard InChI is InChI=1S/C18H19NO3/c1-19(2)18(21)16-10-8-15(9-11-16)14-6-4-13(5-7-14)12-17(20)22-3/h4-11H,12H2,1-3H3. The van der Waals surface area contributed by atoms with Crippen molar-refractivity contribution in [2.24, 2.45) is 0 Å². The molecule has 1 amide bonds. The highest BCUT2D eigenvalue weighted by molar-refractivity contribution is 5.94. The van der Waals surface area contributed by atoms with Gasteiger partial charge in [-0.2, -0.15) is 0 Å². The number of rotatable bonds is 4. The van der Waals surface area contributed by atoms with Gasteiger partial charge in [-0.05, 0) is 28.8 Å². The van der Waals surface area contributed by atoms with Gasteiger partial charge in [-0.15, -0.1) is 0 Å². The van der Waals surface area contributed by atoms with Crippen LogP contribution >= 0.6 is 0 Å². The molecule has 0 spiro atoms. The predicted octanol–water partition coefficient (Wildman–Crippen LogP) is 2.77. The SMILES string of the molecule is COC(=O)Cc1ccc(-c2ccc(C(=O)N(C)C)cc2)cc1. The van der Waals surface area contributed by atoms with Gasteiger partial charge in [-0.1, -0.05) is 36.4 Å². The molecule has 0 saturated heterocycles. The van der Waals surface area contributed by atoms with Gasteiger partial charge >= 0.3 is 5.97 Å². The Morgan fingerprint density at radius 2 is 1.41 bits per heavy atom. The first-order valence-corrected chi connectivity index (χ1v) is 6.99. The topological polar surface area (TPSA) is 46.6 Å². The molecule has 114 valence electrons. The van der Waals surface area contributed by atoms with Gasteiger partial charge in [0.15, 0.2) is 0 Å². The lowest BCUT2D eigenvalue weighted by atomic mass is 10.0. The summed E-state index contributed by atoms with van der Waals surface area (Å²) < 4.78 is 4.65. The van der Waals surface area contributed by atoms with E-state index >= 15 is 0 Å². The van der Waals surface area contributed by atoms with Crippen LogP contribution < -0.4 is 0 Å². The molecule has 0 unspecified atom stereocenters. The van der Waals surface area contributed by atoms with Crippen LogP contribution in [0.4, 0.5) is 0 Å². The molecule has 0 radical (unpaired) electrons. The Labute approximate surface area is 130 Å². The monoisotopic (exact) mass is 297 g/mol. The fraction of sp³-hybridized carbons (Fsp3) is 0.222. The number of nitrogens with zero attached hydrogens (tertiary/aromatic N) is 1. The minimum Gasteiger partial charge on any atom is -0.469 e. The van der Waals surface area contributed by atoms with Crippen LogP contribution in [-0.4, -0.2) is 38.0 Å². The molecule has 4 nitrogen and oxygen atoms in total. The molecule has 0 atom stereocenters. The van der Waals surface area contributed by atoms with E-state index in [-0.39, 0.29) is 18.3 Å². The third kappa shape index (κ3) is 3.73. The van der Waals surface area contributed by atoms with Crippen LogP contribution in [0.3, 0.4) is 0 Å². The first kappa shape index (κ1) is 15.8. The van der Waals surface area contributed by atoms with Crippen molar-refractivity contribution < 1.29 is 14.3 Å². The first-order chi connectivity index (χ1) is 10.5. The molecule has 2 aromatic carbocycles. The molecule has 22 heavy (non-hydrogen) atoms. The molecule has 2 rings (SSSR count). The normalized spacial score (nSPS) is 10.1. The largest absolute Gasteiger partial charge is 0.469 e. The van der Waals surface area contributed by atoms with Crippen molar-refractivity contribution in [3.05, 3.63) is 59.7 Å². The molecule has 0 bridgehead atoms. The lowest BCUT2D eigenvalue weighted by molar-refractivity contribution is -0.139. The maximum Gasteiger partial charge on any atom is 0.309 e. The summed E-state index contributed by atoms with van der Waals surface area (Å²) in [6.07, 6.45) is 0.271. The maximum atomic E-state index is 11.9. The van der Waals surface area contributed by atoms with Gasteiger partial charge in [0.05, 0.1) is 13.5 Å². The van der Waals surface area contributed by atoms with E-state index in [0.717, 1.165) is 16.7 Å². The second-order valence-electron chi connectivity index (χ2n) is 5.23. The highest BCUT2D eigenvalue weighted by Crippen LogP contribution is 2.21. The molecule has 0 aliphatic heterocycles. The molecule has 0 aliphatic carbocycles. The zero-order valence-corrected chi connectivity index (χ0v) is 13.0. The van der Waals surface area contributed by atoms with Gasteiger partial charge < -0.3 is 9.64 Å². The van der Waals surface area contributed by atoms with Crippen LogP contribution in [0.25, 0.3) is 11.1 Å². The third-order valence-corrected chi connectivity index (χ3v) is 3.40. The molecule has 0 saturated carbocycles. The minimum atomic E-state index is -0.251. The van der Waals surface area contributed by atoms with Crippen LogP contribution in [0.1, 0.15) is 15.9 Å². The molecular weight excluding hydrogens is 278 g/mol. The van der Waals surface area contributed by atoms with Gasteiger partial charge in [0.2, 0.25) is 0 Å². The molecule has 0 aromatic heterocycles. The number of methoxy groups -OCH3 is 1. The second-order valence-corrected chi connectivity index (χ2v) is 5.23. The molecule has 0 heterocycles. The van der Waals surface area contributed by atoms with Crippen molar-refractivity contribution in [3.63, 3.8) is 0 Å². The second kappa shape index (κ2) is 6.89. The van der Waals surface area contributed by atoms with Gasteiger partial charge in [0.25, 0.3) is 5.91 Å². The fourth-order valence-electron chi connectivity index (χ4n) is 2.12. The summed E-state index contributed by atoms with van der Waals surface area (Å²) in [5.41, 5.74) is 3.64. The van der Waals surface area contributed by atoms with Crippen molar-refractivity contribution in [2.75, 3.05) is 21.2 Å². The minimum absolute atomic E-state index is 0.0139. The Bertz CT molecular complexity index is 658. The number of hydrogen-bond donors (Lipinski definition) is 0. The smallest absolute Gasteiger partial charge is 0.309 e. The Kier molecular flexibility index (Phi) is 4.94. The van der Waals surface area contributed by atoms with Crippen LogP contribution in [0, 0.1) is 0 Å². The third-order valence-electron chi connectivity index (χ3n) is 3.40. The lowest BCUT2D eigenvalue weighted by Crippen LogP contribution is -2.21. The summed E-state index contributed by atoms with van der Waals surface area (Å²) in [6, 6.07) is 15.2. The van der Waals surface area contributed by atoms with Crippen molar-refractivity contribution in [1.29, 1.82) is 0 Å². The van der Waals surface area contributed by atoms with E-state index in [4.69, 9.17) is 0 Å². The molecular formula is C18H19NO3. The van der Waals surface area contributed by atoms with Crippen LogP contribution in [0.5, 0.6) is 0 Å². The number of amides is 1. The Balaban J connectivity index is 2.15. The number of benzene rings is 2. The van der Waals surface area contributed by atoms with Gasteiger partial charge in [-0.3, -0.25) is 9.59 Å². The van der Waals surface area contributed by atoms with E-state index in [1.807, 2.05) is 48.5 Å². The molecule has 0 fully saturated rings. The number of carbonyl (C=O) groups excluding carboxylic acids is 2. The van der Waals surface area contributed by atoms with Gasteiger partial charge in [0, 0.05) is 19.7 Å². The zero-order valence-electron chi connectivity index (χ0n) is 13.0. The first-order valence-electron chi connectivity index (χ1n) is 6.99. The van der Waals surface area contributed by atoms with E-state index in [0.29, 0.717) is 5.56 Å². The van der Waals surface area contributed by atoms with E-state index in [1.165, 1.54) is 7.11 Å². The van der Waals surface area contributed by atoms with Crippen molar-refractivity contribution in [1.82, 2.24) is 4.90 Å². The van der Waals surface area contributed by atoms with E-state index < -0.39 is 0 Å². The van der Waals surface area contributed by atoms with Crippen LogP contribution in [0.2, 0.25) is 0 Å². The summed E-state index contributed by atoms with van der Waals surface area (Å²) >= 11 is 0. The number of carbonyl (C=O) groups is 2. The number of hydrogen-bond acceptors (Lipinski definition) is 3. The predicted molar refractivity (Wildman–Crippen MR) is 85.6 cm³/mol. The summed E-state index contributed by atoms with van der Waals surface area (Å²) in [5.74, 6) is -0.265. The summed E-state index contributed by atoms with van der Waals surface area (Å²) in [4.78, 5) is 24.6. The Morgan fingerprint density at radius 3 is 1.86 bits per heavy atom. The van der Waals surface area contributed by atoms with Crippen LogP contribution in [-0.2, 0) is 16.0 Å². The summed E-state index contributed by atoms with van der Waals surface area (Å²) in [6.45, 7) is 0. The summed E-state index contributed by atoms with van der Waals surface area (Å²) in [7, 11) is 4.85. The quantitative estimate of drug-likeness (QED) is 0.815. The fourth-order valence-corrected chi connectivity index (χ4v) is 2.12. The highest BCUT2D eigenvalue weighted by Gasteiger charge is 2.08. The highest BCUT2D eigenvalue weighted by atomic mass is 16.5. The molecule has 0 aliphatic rings. The molecule has 4 heteroatoms. The van der Waals surface area contributed by atoms with Crippen LogP contribution in [0.15, 0.2) is 48.5 Å². The molecule has 2 aromatic rings.